The number of nitrogens with one attached hydrogen (secondary N) is 2. The van der Waals surface area contributed by atoms with Crippen LogP contribution in [0.3, 0.4) is 0 Å². The number of likely N-dealkylation sites (N-methyl/N-ethyl adjacent to an activating group) is 1. The summed E-state index contributed by atoms with van der Waals surface area (Å²) >= 11 is 0. The number of nitrogens with zero attached hydrogens (tertiary/aromatic N) is 1. The van der Waals surface area contributed by atoms with Crippen LogP contribution >= 0.6 is 0 Å². The second kappa shape index (κ2) is 9.27. The zero-order valence-corrected chi connectivity index (χ0v) is 17.8. The average Bonchev–Trinajstić information content (AvgIpc) is 2.92. The maximum absolute atomic E-state index is 12.9. The van der Waals surface area contributed by atoms with Crippen molar-refractivity contribution in [2.24, 2.45) is 0 Å². The summed E-state index contributed by atoms with van der Waals surface area (Å²) in [6, 6.07) is 11.9. The summed E-state index contributed by atoms with van der Waals surface area (Å²) in [6.45, 7) is -0.0828. The fourth-order valence-corrected chi connectivity index (χ4v) is 4.46. The highest BCUT2D eigenvalue weighted by Crippen LogP contribution is 2.26. The number of hydrogen-bond acceptors (Lipinski definition) is 5. The molecule has 2 aromatic carbocycles. The van der Waals surface area contributed by atoms with E-state index in [1.165, 1.54) is 13.1 Å². The third-order valence-electron chi connectivity index (χ3n) is 4.94. The molecule has 30 heavy (non-hydrogen) atoms. The predicted molar refractivity (Wildman–Crippen MR) is 113 cm³/mol. The van der Waals surface area contributed by atoms with E-state index in [0.29, 0.717) is 30.7 Å². The van der Waals surface area contributed by atoms with Crippen molar-refractivity contribution in [1.82, 2.24) is 9.62 Å². The first-order chi connectivity index (χ1) is 14.3. The summed E-state index contributed by atoms with van der Waals surface area (Å²) in [7, 11) is -0.939. The molecule has 160 valence electrons. The number of methoxy groups -OCH3 is 1. The molecule has 0 unspecified atom stereocenters. The number of sulfonamides is 1. The Morgan fingerprint density at radius 2 is 1.97 bits per heavy atom. The number of carbonyl (C=O) groups excluding carboxylic acids is 2. The molecule has 1 aliphatic heterocycles. The van der Waals surface area contributed by atoms with Gasteiger partial charge in [0.15, 0.2) is 0 Å². The normalized spacial score (nSPS) is 13.9. The van der Waals surface area contributed by atoms with Crippen molar-refractivity contribution < 1.29 is 22.7 Å². The van der Waals surface area contributed by atoms with Crippen LogP contribution in [0.1, 0.15) is 24.0 Å². The van der Waals surface area contributed by atoms with Gasteiger partial charge in [-0.25, -0.2) is 8.42 Å². The van der Waals surface area contributed by atoms with Crippen LogP contribution in [0.5, 0.6) is 5.75 Å². The van der Waals surface area contributed by atoms with E-state index in [-0.39, 0.29) is 23.9 Å². The maximum atomic E-state index is 12.9. The summed E-state index contributed by atoms with van der Waals surface area (Å²) in [5.41, 5.74) is 2.20. The number of aryl methyl sites for hydroxylation is 1. The molecule has 0 saturated heterocycles. The van der Waals surface area contributed by atoms with Gasteiger partial charge in [0.2, 0.25) is 21.8 Å². The Morgan fingerprint density at radius 3 is 2.73 bits per heavy atom. The van der Waals surface area contributed by atoms with E-state index in [1.54, 1.807) is 25.3 Å². The third-order valence-corrected chi connectivity index (χ3v) is 6.74. The van der Waals surface area contributed by atoms with Gasteiger partial charge in [-0.1, -0.05) is 18.2 Å². The molecule has 0 spiro atoms. The van der Waals surface area contributed by atoms with Gasteiger partial charge in [-0.05, 0) is 42.7 Å². The highest BCUT2D eigenvalue weighted by atomic mass is 32.2. The summed E-state index contributed by atoms with van der Waals surface area (Å²) < 4.78 is 32.1. The summed E-state index contributed by atoms with van der Waals surface area (Å²) in [5, 5.41) is 5.50. The number of para-hydroxylation sites is 1. The zero-order chi connectivity index (χ0) is 21.7. The number of amides is 2. The minimum absolute atomic E-state index is 0.0757. The van der Waals surface area contributed by atoms with Crippen LogP contribution in [0, 0.1) is 0 Å². The molecule has 0 radical (unpaired) electrons. The van der Waals surface area contributed by atoms with E-state index < -0.39 is 15.9 Å². The molecule has 2 N–H and O–H groups in total. The highest BCUT2D eigenvalue weighted by Gasteiger charge is 2.25. The standard InChI is InChI=1S/C21H25N3O5S/c1-24(14-21(26)22-13-16-6-3-4-8-19(16)29-2)30(27,28)17-10-11-18-15(12-17)7-5-9-20(25)23-18/h3-4,6,8,10-12H,5,7,9,13-14H2,1-2H3,(H,22,26)(H,23,25). The second-order valence-corrected chi connectivity index (χ2v) is 9.12. The van der Waals surface area contributed by atoms with Crippen LogP contribution < -0.4 is 15.4 Å². The van der Waals surface area contributed by atoms with Gasteiger partial charge in [0.05, 0.1) is 18.6 Å². The van der Waals surface area contributed by atoms with Gasteiger partial charge in [-0.3, -0.25) is 9.59 Å². The number of carbonyl (C=O) groups is 2. The second-order valence-electron chi connectivity index (χ2n) is 7.07. The number of hydrogen-bond donors (Lipinski definition) is 2. The minimum Gasteiger partial charge on any atom is -0.496 e. The van der Waals surface area contributed by atoms with Crippen molar-refractivity contribution in [3.8, 4) is 5.75 Å². The van der Waals surface area contributed by atoms with E-state index in [4.69, 9.17) is 4.74 Å². The van der Waals surface area contributed by atoms with Gasteiger partial charge in [0.25, 0.3) is 0 Å². The number of fused-ring (bicyclic) bond motifs is 1. The third kappa shape index (κ3) is 4.98. The van der Waals surface area contributed by atoms with Crippen molar-refractivity contribution in [3.63, 3.8) is 0 Å². The van der Waals surface area contributed by atoms with E-state index in [0.717, 1.165) is 15.4 Å². The van der Waals surface area contributed by atoms with E-state index in [2.05, 4.69) is 10.6 Å². The minimum atomic E-state index is -3.85. The van der Waals surface area contributed by atoms with Gasteiger partial charge in [-0.15, -0.1) is 0 Å². The molecule has 2 aromatic rings. The van der Waals surface area contributed by atoms with E-state index in [1.807, 2.05) is 18.2 Å². The number of anilines is 1. The largest absolute Gasteiger partial charge is 0.496 e. The molecule has 1 aliphatic rings. The lowest BCUT2D eigenvalue weighted by Crippen LogP contribution is -2.38. The SMILES string of the molecule is COc1ccccc1CNC(=O)CN(C)S(=O)(=O)c1ccc2c(c1)CCCC(=O)N2. The van der Waals surface area contributed by atoms with Gasteiger partial charge < -0.3 is 15.4 Å². The van der Waals surface area contributed by atoms with Gasteiger partial charge in [0, 0.05) is 31.3 Å². The van der Waals surface area contributed by atoms with Gasteiger partial charge >= 0.3 is 0 Å². The molecule has 0 fully saturated rings. The van der Waals surface area contributed by atoms with E-state index in [9.17, 15) is 18.0 Å². The van der Waals surface area contributed by atoms with Crippen molar-refractivity contribution in [3.05, 3.63) is 53.6 Å². The molecule has 3 rings (SSSR count). The van der Waals surface area contributed by atoms with Crippen LogP contribution in [0.4, 0.5) is 5.69 Å². The summed E-state index contributed by atoms with van der Waals surface area (Å²) in [6.07, 6.45) is 1.67. The fraction of sp³-hybridized carbons (Fsp3) is 0.333. The molecule has 0 aliphatic carbocycles. The van der Waals surface area contributed by atoms with Crippen molar-refractivity contribution in [2.75, 3.05) is 26.0 Å². The van der Waals surface area contributed by atoms with Gasteiger partial charge in [-0.2, -0.15) is 4.31 Å². The number of benzene rings is 2. The van der Waals surface area contributed by atoms with Crippen LogP contribution in [0.25, 0.3) is 0 Å². The Bertz CT molecular complexity index is 1050. The Morgan fingerprint density at radius 1 is 1.20 bits per heavy atom. The molecule has 1 heterocycles. The maximum Gasteiger partial charge on any atom is 0.243 e. The van der Waals surface area contributed by atoms with Crippen molar-refractivity contribution in [1.29, 1.82) is 0 Å². The summed E-state index contributed by atoms with van der Waals surface area (Å²) in [5.74, 6) is 0.151. The first kappa shape index (κ1) is 21.8. The zero-order valence-electron chi connectivity index (χ0n) is 17.0. The lowest BCUT2D eigenvalue weighted by atomic mass is 10.1. The molecule has 0 atom stereocenters. The van der Waals surface area contributed by atoms with Crippen LogP contribution in [0.2, 0.25) is 0 Å². The molecule has 9 heteroatoms. The Kier molecular flexibility index (Phi) is 6.73. The summed E-state index contributed by atoms with van der Waals surface area (Å²) in [4.78, 5) is 24.1. The average molecular weight is 432 g/mol. The molecule has 0 aromatic heterocycles. The molecule has 0 bridgehead atoms. The van der Waals surface area contributed by atoms with Crippen LogP contribution in [-0.4, -0.2) is 45.2 Å². The first-order valence-corrected chi connectivity index (χ1v) is 11.0. The van der Waals surface area contributed by atoms with Crippen molar-refractivity contribution >= 4 is 27.5 Å². The van der Waals surface area contributed by atoms with Crippen molar-refractivity contribution in [2.45, 2.75) is 30.7 Å². The molecule has 8 nitrogen and oxygen atoms in total. The molecular formula is C21H25N3O5S. The smallest absolute Gasteiger partial charge is 0.243 e. The lowest BCUT2D eigenvalue weighted by Gasteiger charge is -2.18. The monoisotopic (exact) mass is 431 g/mol. The van der Waals surface area contributed by atoms with Crippen LogP contribution in [-0.2, 0) is 32.6 Å². The van der Waals surface area contributed by atoms with Crippen LogP contribution in [0.15, 0.2) is 47.4 Å². The Labute approximate surface area is 176 Å². The quantitative estimate of drug-likeness (QED) is 0.697. The fourth-order valence-electron chi connectivity index (χ4n) is 3.28. The number of rotatable bonds is 7. The highest BCUT2D eigenvalue weighted by molar-refractivity contribution is 7.89. The lowest BCUT2D eigenvalue weighted by molar-refractivity contribution is -0.121. The molecule has 0 saturated carbocycles. The topological polar surface area (TPSA) is 105 Å². The molecule has 2 amide bonds. The van der Waals surface area contributed by atoms with E-state index >= 15 is 0 Å². The first-order valence-electron chi connectivity index (χ1n) is 9.59. The Balaban J connectivity index is 1.67. The Hall–Kier alpha value is -2.91. The predicted octanol–water partition coefficient (Wildman–Crippen LogP) is 1.91. The van der Waals surface area contributed by atoms with Gasteiger partial charge in [0.1, 0.15) is 5.75 Å². The number of ether oxygens (including phenoxy) is 1. The molecular weight excluding hydrogens is 406 g/mol.